The highest BCUT2D eigenvalue weighted by molar-refractivity contribution is 4.97. The topological polar surface area (TPSA) is 43.8 Å². The van der Waals surface area contributed by atoms with E-state index in [9.17, 15) is 0 Å². The molecule has 0 spiro atoms. The highest BCUT2D eigenvalue weighted by Crippen LogP contribution is 2.34. The van der Waals surface area contributed by atoms with Gasteiger partial charge in [-0.2, -0.15) is 5.10 Å². The average molecular weight is 179 g/mol. The van der Waals surface area contributed by atoms with Crippen LogP contribution in [0.15, 0.2) is 12.3 Å². The third-order valence-corrected chi connectivity index (χ3v) is 3.00. The van der Waals surface area contributed by atoms with Crippen LogP contribution < -0.4 is 5.73 Å². The molecule has 0 saturated heterocycles. The zero-order valence-corrected chi connectivity index (χ0v) is 8.11. The van der Waals surface area contributed by atoms with Crippen LogP contribution in [0.3, 0.4) is 0 Å². The second kappa shape index (κ2) is 3.50. The van der Waals surface area contributed by atoms with Crippen LogP contribution in [-0.2, 0) is 0 Å². The molecular weight excluding hydrogens is 162 g/mol. The lowest BCUT2D eigenvalue weighted by Crippen LogP contribution is -2.22. The molecule has 2 atom stereocenters. The largest absolute Gasteiger partial charge is 0.330 e. The summed E-state index contributed by atoms with van der Waals surface area (Å²) in [6.45, 7) is 2.83. The number of hydrogen-bond donors (Lipinski definition) is 1. The van der Waals surface area contributed by atoms with Gasteiger partial charge in [-0.15, -0.1) is 0 Å². The van der Waals surface area contributed by atoms with Crippen molar-refractivity contribution in [1.29, 1.82) is 0 Å². The monoisotopic (exact) mass is 179 g/mol. The summed E-state index contributed by atoms with van der Waals surface area (Å²) in [6, 6.07) is 2.62. The number of hydrogen-bond acceptors (Lipinski definition) is 2. The summed E-state index contributed by atoms with van der Waals surface area (Å²) in [7, 11) is 0. The molecule has 3 nitrogen and oxygen atoms in total. The summed E-state index contributed by atoms with van der Waals surface area (Å²) in [5, 5.41) is 4.45. The van der Waals surface area contributed by atoms with Gasteiger partial charge in [-0.1, -0.05) is 6.42 Å². The van der Waals surface area contributed by atoms with E-state index in [1.54, 1.807) is 0 Å². The second-order valence-electron chi connectivity index (χ2n) is 3.93. The van der Waals surface area contributed by atoms with Gasteiger partial charge in [-0.05, 0) is 38.3 Å². The first-order valence-electron chi connectivity index (χ1n) is 5.03. The van der Waals surface area contributed by atoms with E-state index >= 15 is 0 Å². The summed E-state index contributed by atoms with van der Waals surface area (Å²) in [5.41, 5.74) is 6.83. The maximum atomic E-state index is 5.73. The van der Waals surface area contributed by atoms with E-state index in [2.05, 4.69) is 22.0 Å². The predicted molar refractivity (Wildman–Crippen MR) is 52.4 cm³/mol. The Morgan fingerprint density at radius 2 is 2.46 bits per heavy atom. The maximum Gasteiger partial charge on any atom is 0.0593 e. The van der Waals surface area contributed by atoms with Gasteiger partial charge in [0.2, 0.25) is 0 Å². The summed E-state index contributed by atoms with van der Waals surface area (Å²) < 4.78 is 2.10. The molecule has 1 aromatic rings. The van der Waals surface area contributed by atoms with Crippen molar-refractivity contribution in [2.24, 2.45) is 11.7 Å². The molecule has 1 aliphatic rings. The molecule has 2 unspecified atom stereocenters. The third-order valence-electron chi connectivity index (χ3n) is 3.00. The van der Waals surface area contributed by atoms with E-state index in [4.69, 9.17) is 5.73 Å². The van der Waals surface area contributed by atoms with E-state index in [1.165, 1.54) is 19.3 Å². The summed E-state index contributed by atoms with van der Waals surface area (Å²) in [5.74, 6) is 0.638. The minimum absolute atomic E-state index is 0.554. The Kier molecular flexibility index (Phi) is 2.36. The van der Waals surface area contributed by atoms with E-state index in [-0.39, 0.29) is 0 Å². The Morgan fingerprint density at radius 3 is 3.08 bits per heavy atom. The second-order valence-corrected chi connectivity index (χ2v) is 3.93. The third kappa shape index (κ3) is 1.61. The van der Waals surface area contributed by atoms with Gasteiger partial charge >= 0.3 is 0 Å². The minimum atomic E-state index is 0.554. The van der Waals surface area contributed by atoms with E-state index in [1.807, 2.05) is 6.92 Å². The van der Waals surface area contributed by atoms with E-state index in [0.717, 1.165) is 12.2 Å². The maximum absolute atomic E-state index is 5.73. The van der Waals surface area contributed by atoms with Crippen molar-refractivity contribution in [2.75, 3.05) is 6.54 Å². The smallest absolute Gasteiger partial charge is 0.0593 e. The molecule has 0 bridgehead atoms. The van der Waals surface area contributed by atoms with Gasteiger partial charge in [0.1, 0.15) is 0 Å². The number of aromatic nitrogens is 2. The number of nitrogens with two attached hydrogens (primary N) is 1. The Morgan fingerprint density at radius 1 is 1.62 bits per heavy atom. The molecule has 3 heteroatoms. The zero-order valence-electron chi connectivity index (χ0n) is 8.11. The van der Waals surface area contributed by atoms with Crippen LogP contribution in [0, 0.1) is 12.8 Å². The molecule has 0 aliphatic heterocycles. The van der Waals surface area contributed by atoms with Crippen molar-refractivity contribution in [1.82, 2.24) is 9.78 Å². The van der Waals surface area contributed by atoms with Gasteiger partial charge in [0.05, 0.1) is 11.7 Å². The van der Waals surface area contributed by atoms with Gasteiger partial charge in [-0.25, -0.2) is 0 Å². The molecule has 1 heterocycles. The van der Waals surface area contributed by atoms with E-state index in [0.29, 0.717) is 12.0 Å². The van der Waals surface area contributed by atoms with Crippen molar-refractivity contribution in [3.05, 3.63) is 18.0 Å². The van der Waals surface area contributed by atoms with Crippen molar-refractivity contribution in [3.63, 3.8) is 0 Å². The van der Waals surface area contributed by atoms with Gasteiger partial charge < -0.3 is 5.73 Å². The Hall–Kier alpha value is -0.830. The standard InChI is InChI=1S/C10H17N3/c1-8-5-6-13(12-8)10-4-2-3-9(10)7-11/h5-6,9-10H,2-4,7,11H2,1H3. The van der Waals surface area contributed by atoms with Crippen LogP contribution >= 0.6 is 0 Å². The molecule has 0 aromatic carbocycles. The molecule has 2 N–H and O–H groups in total. The van der Waals surface area contributed by atoms with Crippen LogP contribution in [0.4, 0.5) is 0 Å². The lowest BCUT2D eigenvalue weighted by atomic mass is 10.0. The van der Waals surface area contributed by atoms with Crippen LogP contribution in [0.2, 0.25) is 0 Å². The molecule has 1 fully saturated rings. The van der Waals surface area contributed by atoms with Gasteiger partial charge in [0.15, 0.2) is 0 Å². The molecule has 0 radical (unpaired) electrons. The van der Waals surface area contributed by atoms with Crippen molar-refractivity contribution in [3.8, 4) is 0 Å². The normalized spacial score (nSPS) is 28.2. The Bertz CT molecular complexity index is 279. The Balaban J connectivity index is 2.15. The minimum Gasteiger partial charge on any atom is -0.330 e. The highest BCUT2D eigenvalue weighted by Gasteiger charge is 2.27. The van der Waals surface area contributed by atoms with E-state index < -0.39 is 0 Å². The first kappa shape index (κ1) is 8.75. The molecule has 1 aromatic heterocycles. The summed E-state index contributed by atoms with van der Waals surface area (Å²) >= 11 is 0. The molecular formula is C10H17N3. The first-order valence-corrected chi connectivity index (χ1v) is 5.03. The summed E-state index contributed by atoms with van der Waals surface area (Å²) in [6.07, 6.45) is 5.88. The fourth-order valence-electron chi connectivity index (χ4n) is 2.26. The molecule has 2 rings (SSSR count). The van der Waals surface area contributed by atoms with Gasteiger partial charge in [0.25, 0.3) is 0 Å². The molecule has 1 saturated carbocycles. The fourth-order valence-corrected chi connectivity index (χ4v) is 2.26. The fraction of sp³-hybridized carbons (Fsp3) is 0.700. The van der Waals surface area contributed by atoms with Crippen molar-refractivity contribution < 1.29 is 0 Å². The summed E-state index contributed by atoms with van der Waals surface area (Å²) in [4.78, 5) is 0. The number of nitrogens with zero attached hydrogens (tertiary/aromatic N) is 2. The first-order chi connectivity index (χ1) is 6.31. The lowest BCUT2D eigenvalue weighted by Gasteiger charge is -2.17. The predicted octanol–water partition coefficient (Wildman–Crippen LogP) is 1.49. The Labute approximate surface area is 78.9 Å². The van der Waals surface area contributed by atoms with Crippen LogP contribution in [0.1, 0.15) is 31.0 Å². The van der Waals surface area contributed by atoms with Crippen molar-refractivity contribution >= 4 is 0 Å². The quantitative estimate of drug-likeness (QED) is 0.747. The molecule has 13 heavy (non-hydrogen) atoms. The van der Waals surface area contributed by atoms with Gasteiger partial charge in [-0.3, -0.25) is 4.68 Å². The van der Waals surface area contributed by atoms with Crippen LogP contribution in [-0.4, -0.2) is 16.3 Å². The lowest BCUT2D eigenvalue weighted by molar-refractivity contribution is 0.357. The zero-order chi connectivity index (χ0) is 9.26. The molecule has 72 valence electrons. The SMILES string of the molecule is Cc1ccn(C2CCCC2CN)n1. The highest BCUT2D eigenvalue weighted by atomic mass is 15.3. The van der Waals surface area contributed by atoms with Gasteiger partial charge in [0, 0.05) is 6.20 Å². The number of rotatable bonds is 2. The van der Waals surface area contributed by atoms with Crippen molar-refractivity contribution in [2.45, 2.75) is 32.2 Å². The average Bonchev–Trinajstić information content (AvgIpc) is 2.71. The van der Waals surface area contributed by atoms with Crippen LogP contribution in [0.5, 0.6) is 0 Å². The molecule has 1 aliphatic carbocycles. The van der Waals surface area contributed by atoms with Crippen LogP contribution in [0.25, 0.3) is 0 Å². The molecule has 0 amide bonds. The number of aryl methyl sites for hydroxylation is 1.